The predicted octanol–water partition coefficient (Wildman–Crippen LogP) is 6.82. The molecular weight excluding hydrogens is 391 g/mol. The van der Waals surface area contributed by atoms with Gasteiger partial charge in [0.1, 0.15) is 6.10 Å². The molecule has 2 fully saturated rings. The van der Waals surface area contributed by atoms with E-state index in [0.717, 1.165) is 31.4 Å². The molecule has 0 saturated heterocycles. The van der Waals surface area contributed by atoms with Gasteiger partial charge in [-0.3, -0.25) is 0 Å². The van der Waals surface area contributed by atoms with Gasteiger partial charge >= 0.3 is 12.1 Å². The van der Waals surface area contributed by atoms with Crippen molar-refractivity contribution in [1.29, 1.82) is 0 Å². The van der Waals surface area contributed by atoms with Crippen LogP contribution in [0.5, 0.6) is 0 Å². The van der Waals surface area contributed by atoms with Crippen LogP contribution in [0.3, 0.4) is 0 Å². The minimum atomic E-state index is -4.43. The molecule has 2 aromatic carbocycles. The predicted molar refractivity (Wildman–Crippen MR) is 110 cm³/mol. The normalized spacial score (nSPS) is 27.1. The average Bonchev–Trinajstić information content (AvgIpc) is 3.01. The SMILES string of the molecule is CC1(C)C2CCC1(C)[C@H](OC(=O)c1ccccc1Nc1cccc(C(F)(F)F)c1)C2. The Balaban J connectivity index is 1.55. The van der Waals surface area contributed by atoms with Crippen LogP contribution < -0.4 is 5.32 Å². The molecule has 2 saturated carbocycles. The van der Waals surface area contributed by atoms with Gasteiger partial charge in [-0.05, 0) is 60.9 Å². The first kappa shape index (κ1) is 20.8. The lowest BCUT2D eigenvalue weighted by atomic mass is 9.70. The largest absolute Gasteiger partial charge is 0.458 e. The van der Waals surface area contributed by atoms with Crippen LogP contribution in [-0.2, 0) is 10.9 Å². The molecule has 0 spiro atoms. The van der Waals surface area contributed by atoms with Gasteiger partial charge in [-0.2, -0.15) is 13.2 Å². The molecule has 1 N–H and O–H groups in total. The zero-order valence-electron chi connectivity index (χ0n) is 17.3. The van der Waals surface area contributed by atoms with E-state index in [4.69, 9.17) is 4.74 Å². The number of fused-ring (bicyclic) bond motifs is 2. The molecule has 0 aliphatic heterocycles. The molecule has 3 nitrogen and oxygen atoms in total. The van der Waals surface area contributed by atoms with Crippen LogP contribution >= 0.6 is 0 Å². The summed E-state index contributed by atoms with van der Waals surface area (Å²) in [6.45, 7) is 6.70. The number of anilines is 2. The van der Waals surface area contributed by atoms with Crippen LogP contribution in [0.15, 0.2) is 48.5 Å². The summed E-state index contributed by atoms with van der Waals surface area (Å²) in [5.74, 6) is 0.0958. The summed E-state index contributed by atoms with van der Waals surface area (Å²) in [5, 5.41) is 2.95. The summed E-state index contributed by atoms with van der Waals surface area (Å²) in [5.41, 5.74) is 0.320. The topological polar surface area (TPSA) is 38.3 Å². The molecule has 2 aliphatic carbocycles. The second-order valence-corrected chi connectivity index (χ2v) is 9.25. The van der Waals surface area contributed by atoms with Gasteiger partial charge < -0.3 is 10.1 Å². The molecular formula is C24H26F3NO2. The van der Waals surface area contributed by atoms with E-state index < -0.39 is 17.7 Å². The Morgan fingerprint density at radius 2 is 1.83 bits per heavy atom. The van der Waals surface area contributed by atoms with Crippen molar-refractivity contribution in [1.82, 2.24) is 0 Å². The minimum Gasteiger partial charge on any atom is -0.458 e. The van der Waals surface area contributed by atoms with E-state index >= 15 is 0 Å². The number of nitrogens with one attached hydrogen (secondary N) is 1. The Morgan fingerprint density at radius 1 is 1.10 bits per heavy atom. The Morgan fingerprint density at radius 3 is 2.47 bits per heavy atom. The first-order chi connectivity index (χ1) is 14.0. The molecule has 0 aromatic heterocycles. The fraction of sp³-hybridized carbons (Fsp3) is 0.458. The van der Waals surface area contributed by atoms with Crippen molar-refractivity contribution < 1.29 is 22.7 Å². The summed E-state index contributed by atoms with van der Waals surface area (Å²) in [6, 6.07) is 11.7. The number of esters is 1. The fourth-order valence-electron chi connectivity index (χ4n) is 5.20. The van der Waals surface area contributed by atoms with Crippen LogP contribution in [0.1, 0.15) is 56.0 Å². The zero-order chi connectivity index (χ0) is 21.7. The maximum Gasteiger partial charge on any atom is 0.416 e. The number of carbonyl (C=O) groups is 1. The number of hydrogen-bond acceptors (Lipinski definition) is 3. The Bertz CT molecular complexity index is 969. The molecule has 0 radical (unpaired) electrons. The molecule has 2 aliphatic rings. The maximum absolute atomic E-state index is 13.0. The first-order valence-electron chi connectivity index (χ1n) is 10.3. The van der Waals surface area contributed by atoms with Crippen LogP contribution in [-0.4, -0.2) is 12.1 Å². The van der Waals surface area contributed by atoms with E-state index in [1.807, 2.05) is 0 Å². The Labute approximate surface area is 174 Å². The van der Waals surface area contributed by atoms with Gasteiger partial charge in [0.05, 0.1) is 16.8 Å². The highest BCUT2D eigenvalue weighted by Crippen LogP contribution is 2.66. The van der Waals surface area contributed by atoms with Gasteiger partial charge in [0, 0.05) is 11.1 Å². The van der Waals surface area contributed by atoms with Crippen molar-refractivity contribution >= 4 is 17.3 Å². The van der Waals surface area contributed by atoms with E-state index in [-0.39, 0.29) is 22.6 Å². The highest BCUT2D eigenvalue weighted by atomic mass is 19.4. The highest BCUT2D eigenvalue weighted by Gasteiger charge is 2.62. The lowest BCUT2D eigenvalue weighted by Gasteiger charge is -2.38. The van der Waals surface area contributed by atoms with Gasteiger partial charge in [-0.15, -0.1) is 0 Å². The maximum atomic E-state index is 13.0. The second kappa shape index (κ2) is 7.03. The average molecular weight is 417 g/mol. The van der Waals surface area contributed by atoms with E-state index in [2.05, 4.69) is 26.1 Å². The van der Waals surface area contributed by atoms with E-state index in [9.17, 15) is 18.0 Å². The van der Waals surface area contributed by atoms with Crippen LogP contribution in [0.4, 0.5) is 24.5 Å². The van der Waals surface area contributed by atoms with Gasteiger partial charge in [-0.25, -0.2) is 4.79 Å². The summed E-state index contributed by atoms with van der Waals surface area (Å²) < 4.78 is 45.0. The number of carbonyl (C=O) groups excluding carboxylic acids is 1. The second-order valence-electron chi connectivity index (χ2n) is 9.25. The third kappa shape index (κ3) is 3.36. The summed E-state index contributed by atoms with van der Waals surface area (Å²) >= 11 is 0. The smallest absolute Gasteiger partial charge is 0.416 e. The summed E-state index contributed by atoms with van der Waals surface area (Å²) in [7, 11) is 0. The summed E-state index contributed by atoms with van der Waals surface area (Å²) in [6.07, 6.45) is -1.53. The van der Waals surface area contributed by atoms with Gasteiger partial charge in [0.25, 0.3) is 0 Å². The Hall–Kier alpha value is -2.50. The van der Waals surface area contributed by atoms with E-state index in [1.54, 1.807) is 24.3 Å². The van der Waals surface area contributed by atoms with E-state index in [0.29, 0.717) is 17.2 Å². The van der Waals surface area contributed by atoms with Crippen LogP contribution in [0, 0.1) is 16.7 Å². The monoisotopic (exact) mass is 417 g/mol. The molecule has 160 valence electrons. The standard InChI is InChI=1S/C24H26F3NO2/c1-22(2)15-11-12-23(22,3)20(14-15)30-21(29)18-9-4-5-10-19(18)28-17-8-6-7-16(13-17)24(25,26)27/h4-10,13,15,20,28H,11-12,14H2,1-3H3/t15?,20-,23?/m1/s1. The number of hydrogen-bond donors (Lipinski definition) is 1. The molecule has 3 atom stereocenters. The number of ether oxygens (including phenoxy) is 1. The number of alkyl halides is 3. The van der Waals surface area contributed by atoms with Gasteiger partial charge in [-0.1, -0.05) is 39.0 Å². The van der Waals surface area contributed by atoms with Crippen molar-refractivity contribution in [3.63, 3.8) is 0 Å². The van der Waals surface area contributed by atoms with Gasteiger partial charge in [0.2, 0.25) is 0 Å². The fourth-order valence-corrected chi connectivity index (χ4v) is 5.20. The molecule has 2 aromatic rings. The van der Waals surface area contributed by atoms with Crippen molar-refractivity contribution in [3.05, 3.63) is 59.7 Å². The number of benzene rings is 2. The van der Waals surface area contributed by atoms with E-state index in [1.165, 1.54) is 12.1 Å². The van der Waals surface area contributed by atoms with Crippen LogP contribution in [0.2, 0.25) is 0 Å². The minimum absolute atomic E-state index is 0.0588. The number of para-hydroxylation sites is 1. The quantitative estimate of drug-likeness (QED) is 0.555. The molecule has 0 heterocycles. The first-order valence-corrected chi connectivity index (χ1v) is 10.3. The third-order valence-electron chi connectivity index (χ3n) is 7.58. The zero-order valence-corrected chi connectivity index (χ0v) is 17.3. The lowest BCUT2D eigenvalue weighted by molar-refractivity contribution is -0.137. The molecule has 30 heavy (non-hydrogen) atoms. The van der Waals surface area contributed by atoms with Gasteiger partial charge in [0.15, 0.2) is 0 Å². The van der Waals surface area contributed by atoms with Crippen molar-refractivity contribution in [3.8, 4) is 0 Å². The highest BCUT2D eigenvalue weighted by molar-refractivity contribution is 5.96. The summed E-state index contributed by atoms with van der Waals surface area (Å²) in [4.78, 5) is 13.0. The van der Waals surface area contributed by atoms with Crippen molar-refractivity contribution in [2.24, 2.45) is 16.7 Å². The molecule has 6 heteroatoms. The lowest BCUT2D eigenvalue weighted by Crippen LogP contribution is -2.38. The number of rotatable bonds is 4. The molecule has 0 amide bonds. The Kier molecular flexibility index (Phi) is 4.87. The van der Waals surface area contributed by atoms with Crippen LogP contribution in [0.25, 0.3) is 0 Å². The van der Waals surface area contributed by atoms with Crippen molar-refractivity contribution in [2.75, 3.05) is 5.32 Å². The third-order valence-corrected chi connectivity index (χ3v) is 7.58. The molecule has 2 unspecified atom stereocenters. The molecule has 2 bridgehead atoms. The van der Waals surface area contributed by atoms with Crippen molar-refractivity contribution in [2.45, 2.75) is 52.3 Å². The number of halogens is 3. The molecule has 4 rings (SSSR count).